The van der Waals surface area contributed by atoms with E-state index in [2.05, 4.69) is 21.7 Å². The molecular weight excluding hydrogens is 266 g/mol. The second-order valence-electron chi connectivity index (χ2n) is 6.89. The maximum Gasteiger partial charge on any atom is 0.407 e. The van der Waals surface area contributed by atoms with Gasteiger partial charge in [0.15, 0.2) is 0 Å². The standard InChI is InChI=1S/C16H27N3O2/c1-15(2,3)21-14(20)18-12-16(8-4-5-9-16)19-11-13-7-6-10-17-13/h6-7,10,17,19H,4-5,8-9,11-12H2,1-3H3,(H,18,20). The van der Waals surface area contributed by atoms with Gasteiger partial charge in [0.2, 0.25) is 0 Å². The van der Waals surface area contributed by atoms with Gasteiger partial charge in [-0.25, -0.2) is 4.79 Å². The van der Waals surface area contributed by atoms with Crippen LogP contribution in [0, 0.1) is 0 Å². The quantitative estimate of drug-likeness (QED) is 0.782. The highest BCUT2D eigenvalue weighted by Crippen LogP contribution is 2.29. The van der Waals surface area contributed by atoms with E-state index in [4.69, 9.17) is 4.74 Å². The molecule has 0 radical (unpaired) electrons. The molecule has 5 heteroatoms. The van der Waals surface area contributed by atoms with Crippen molar-refractivity contribution in [1.82, 2.24) is 15.6 Å². The zero-order valence-corrected chi connectivity index (χ0v) is 13.3. The van der Waals surface area contributed by atoms with E-state index < -0.39 is 5.60 Å². The number of amides is 1. The molecule has 1 fully saturated rings. The molecule has 21 heavy (non-hydrogen) atoms. The van der Waals surface area contributed by atoms with Crippen molar-refractivity contribution in [2.75, 3.05) is 6.54 Å². The summed E-state index contributed by atoms with van der Waals surface area (Å²) in [5.74, 6) is 0. The zero-order chi connectivity index (χ0) is 15.3. The van der Waals surface area contributed by atoms with Crippen LogP contribution in [0.4, 0.5) is 4.79 Å². The van der Waals surface area contributed by atoms with E-state index in [0.717, 1.165) is 19.4 Å². The van der Waals surface area contributed by atoms with Crippen LogP contribution in [0.3, 0.4) is 0 Å². The maximum absolute atomic E-state index is 11.8. The Bertz CT molecular complexity index is 443. The Morgan fingerprint density at radius 1 is 1.38 bits per heavy atom. The van der Waals surface area contributed by atoms with Crippen molar-refractivity contribution in [1.29, 1.82) is 0 Å². The predicted molar refractivity (Wildman–Crippen MR) is 83.1 cm³/mol. The predicted octanol–water partition coefficient (Wildman–Crippen LogP) is 2.94. The second-order valence-corrected chi connectivity index (χ2v) is 6.89. The highest BCUT2D eigenvalue weighted by atomic mass is 16.6. The van der Waals surface area contributed by atoms with Crippen LogP contribution in [0.5, 0.6) is 0 Å². The van der Waals surface area contributed by atoms with Crippen LogP contribution in [0.2, 0.25) is 0 Å². The fraction of sp³-hybridized carbons (Fsp3) is 0.688. The second kappa shape index (κ2) is 6.52. The summed E-state index contributed by atoms with van der Waals surface area (Å²) < 4.78 is 5.31. The Hall–Kier alpha value is -1.49. The summed E-state index contributed by atoms with van der Waals surface area (Å²) in [5.41, 5.74) is 0.700. The number of rotatable bonds is 5. The number of carbonyl (C=O) groups excluding carboxylic acids is 1. The first-order chi connectivity index (χ1) is 9.89. The smallest absolute Gasteiger partial charge is 0.407 e. The molecule has 118 valence electrons. The van der Waals surface area contributed by atoms with Crippen molar-refractivity contribution in [3.63, 3.8) is 0 Å². The van der Waals surface area contributed by atoms with Gasteiger partial charge in [0.25, 0.3) is 0 Å². The fourth-order valence-electron chi connectivity index (χ4n) is 2.78. The third-order valence-electron chi connectivity index (χ3n) is 3.85. The molecule has 2 rings (SSSR count). The molecule has 0 atom stereocenters. The minimum absolute atomic E-state index is 0.0119. The first-order valence-electron chi connectivity index (χ1n) is 7.73. The SMILES string of the molecule is CC(C)(C)OC(=O)NCC1(NCc2ccc[nH]2)CCCC1. The van der Waals surface area contributed by atoms with Crippen LogP contribution in [0.1, 0.15) is 52.1 Å². The molecule has 1 amide bonds. The number of aromatic nitrogens is 1. The van der Waals surface area contributed by atoms with Crippen LogP contribution in [0.15, 0.2) is 18.3 Å². The largest absolute Gasteiger partial charge is 0.444 e. The molecule has 3 N–H and O–H groups in total. The Labute approximate surface area is 126 Å². The van der Waals surface area contributed by atoms with Gasteiger partial charge in [0.05, 0.1) is 0 Å². The van der Waals surface area contributed by atoms with Crippen molar-refractivity contribution >= 4 is 6.09 Å². The Kier molecular flexibility index (Phi) is 4.93. The summed E-state index contributed by atoms with van der Waals surface area (Å²) in [7, 11) is 0. The number of alkyl carbamates (subject to hydrolysis) is 1. The van der Waals surface area contributed by atoms with Crippen LogP contribution in [-0.4, -0.2) is 28.8 Å². The van der Waals surface area contributed by atoms with E-state index in [1.54, 1.807) is 0 Å². The molecule has 0 bridgehead atoms. The van der Waals surface area contributed by atoms with Crippen molar-refractivity contribution in [2.45, 2.75) is 64.1 Å². The number of hydrogen-bond donors (Lipinski definition) is 3. The lowest BCUT2D eigenvalue weighted by Crippen LogP contribution is -2.52. The number of carbonyl (C=O) groups is 1. The molecule has 0 saturated heterocycles. The lowest BCUT2D eigenvalue weighted by Gasteiger charge is -2.31. The molecule has 1 heterocycles. The lowest BCUT2D eigenvalue weighted by atomic mass is 9.97. The van der Waals surface area contributed by atoms with Gasteiger partial charge >= 0.3 is 6.09 Å². The van der Waals surface area contributed by atoms with E-state index in [0.29, 0.717) is 6.54 Å². The van der Waals surface area contributed by atoms with E-state index in [-0.39, 0.29) is 11.6 Å². The van der Waals surface area contributed by atoms with Gasteiger partial charge in [0.1, 0.15) is 5.60 Å². The highest BCUT2D eigenvalue weighted by Gasteiger charge is 2.34. The number of H-pyrrole nitrogens is 1. The van der Waals surface area contributed by atoms with Gasteiger partial charge in [-0.1, -0.05) is 12.8 Å². The number of ether oxygens (including phenoxy) is 1. The van der Waals surface area contributed by atoms with Crippen molar-refractivity contribution in [3.8, 4) is 0 Å². The molecule has 1 aliphatic carbocycles. The van der Waals surface area contributed by atoms with Gasteiger partial charge in [0, 0.05) is 30.5 Å². The molecule has 0 aliphatic heterocycles. The average molecular weight is 293 g/mol. The number of nitrogens with one attached hydrogen (secondary N) is 3. The number of hydrogen-bond acceptors (Lipinski definition) is 3. The highest BCUT2D eigenvalue weighted by molar-refractivity contribution is 5.67. The van der Waals surface area contributed by atoms with Gasteiger partial charge in [-0.15, -0.1) is 0 Å². The molecule has 1 aromatic heterocycles. The third kappa shape index (κ3) is 5.08. The monoisotopic (exact) mass is 293 g/mol. The van der Waals surface area contributed by atoms with Crippen molar-refractivity contribution in [3.05, 3.63) is 24.0 Å². The Morgan fingerprint density at radius 3 is 2.67 bits per heavy atom. The van der Waals surface area contributed by atoms with Crippen molar-refractivity contribution < 1.29 is 9.53 Å². The minimum Gasteiger partial charge on any atom is -0.444 e. The fourth-order valence-corrected chi connectivity index (χ4v) is 2.78. The van der Waals surface area contributed by atoms with E-state index >= 15 is 0 Å². The van der Waals surface area contributed by atoms with Crippen LogP contribution in [-0.2, 0) is 11.3 Å². The van der Waals surface area contributed by atoms with Crippen LogP contribution in [0.25, 0.3) is 0 Å². The summed E-state index contributed by atoms with van der Waals surface area (Å²) in [4.78, 5) is 15.0. The normalized spacial score (nSPS) is 17.7. The summed E-state index contributed by atoms with van der Waals surface area (Å²) in [6.07, 6.45) is 6.17. The van der Waals surface area contributed by atoms with E-state index in [9.17, 15) is 4.79 Å². The maximum atomic E-state index is 11.8. The minimum atomic E-state index is -0.454. The van der Waals surface area contributed by atoms with Crippen molar-refractivity contribution in [2.24, 2.45) is 0 Å². The topological polar surface area (TPSA) is 66.2 Å². The lowest BCUT2D eigenvalue weighted by molar-refractivity contribution is 0.0509. The van der Waals surface area contributed by atoms with Crippen LogP contribution >= 0.6 is 0 Å². The third-order valence-corrected chi connectivity index (χ3v) is 3.85. The summed E-state index contributed by atoms with van der Waals surface area (Å²) in [6, 6.07) is 4.06. The Morgan fingerprint density at radius 2 is 2.10 bits per heavy atom. The van der Waals surface area contributed by atoms with Crippen LogP contribution < -0.4 is 10.6 Å². The summed E-state index contributed by atoms with van der Waals surface area (Å²) >= 11 is 0. The van der Waals surface area contributed by atoms with Gasteiger partial charge in [-0.05, 0) is 45.7 Å². The first-order valence-corrected chi connectivity index (χ1v) is 7.73. The summed E-state index contributed by atoms with van der Waals surface area (Å²) in [6.45, 7) is 7.04. The number of aromatic amines is 1. The Balaban J connectivity index is 1.85. The molecule has 0 spiro atoms. The molecule has 5 nitrogen and oxygen atoms in total. The molecule has 1 aromatic rings. The first kappa shape index (κ1) is 15.9. The average Bonchev–Trinajstić information content (AvgIpc) is 3.05. The summed E-state index contributed by atoms with van der Waals surface area (Å²) in [5, 5.41) is 6.53. The molecule has 1 saturated carbocycles. The van der Waals surface area contributed by atoms with Gasteiger partial charge < -0.3 is 20.4 Å². The van der Waals surface area contributed by atoms with Gasteiger partial charge in [-0.2, -0.15) is 0 Å². The molecule has 0 unspecified atom stereocenters. The molecular formula is C16H27N3O2. The molecule has 0 aromatic carbocycles. The zero-order valence-electron chi connectivity index (χ0n) is 13.3. The van der Waals surface area contributed by atoms with E-state index in [1.165, 1.54) is 18.5 Å². The molecule has 1 aliphatic rings. The van der Waals surface area contributed by atoms with E-state index in [1.807, 2.05) is 33.0 Å². The van der Waals surface area contributed by atoms with Gasteiger partial charge in [-0.3, -0.25) is 0 Å².